The van der Waals surface area contributed by atoms with Crippen molar-refractivity contribution in [2.24, 2.45) is 5.41 Å². The molecule has 1 aliphatic carbocycles. The van der Waals surface area contributed by atoms with E-state index in [-0.39, 0.29) is 0 Å². The molecular formula is C16H32N2. The van der Waals surface area contributed by atoms with Crippen LogP contribution in [0.4, 0.5) is 0 Å². The molecule has 106 valence electrons. The molecule has 2 fully saturated rings. The standard InChI is InChI=1S/C16H32N2/c1-5-13-12-18(14(6-2)11-17-13)15-8-7-9-16(3,4)10-15/h13-15,17H,5-12H2,1-4H3. The zero-order chi connectivity index (χ0) is 13.2. The molecule has 3 unspecified atom stereocenters. The molecule has 1 aliphatic heterocycles. The van der Waals surface area contributed by atoms with E-state index in [0.29, 0.717) is 5.41 Å². The van der Waals surface area contributed by atoms with Crippen LogP contribution in [-0.4, -0.2) is 36.1 Å². The molecule has 1 saturated heterocycles. The van der Waals surface area contributed by atoms with Gasteiger partial charge in [0.1, 0.15) is 0 Å². The van der Waals surface area contributed by atoms with Gasteiger partial charge in [-0.2, -0.15) is 0 Å². The van der Waals surface area contributed by atoms with E-state index < -0.39 is 0 Å². The number of hydrogen-bond donors (Lipinski definition) is 1. The van der Waals surface area contributed by atoms with Crippen molar-refractivity contribution in [2.45, 2.75) is 84.3 Å². The van der Waals surface area contributed by atoms with Crippen LogP contribution in [0, 0.1) is 5.41 Å². The molecule has 0 bridgehead atoms. The number of nitrogens with one attached hydrogen (secondary N) is 1. The van der Waals surface area contributed by atoms with Gasteiger partial charge in [-0.05, 0) is 37.5 Å². The van der Waals surface area contributed by atoms with E-state index in [1.165, 1.54) is 51.6 Å². The number of piperazine rings is 1. The van der Waals surface area contributed by atoms with Crippen LogP contribution in [0.1, 0.15) is 66.2 Å². The van der Waals surface area contributed by atoms with Crippen molar-refractivity contribution in [1.29, 1.82) is 0 Å². The van der Waals surface area contributed by atoms with Crippen LogP contribution in [0.2, 0.25) is 0 Å². The van der Waals surface area contributed by atoms with Gasteiger partial charge in [-0.1, -0.05) is 34.1 Å². The molecule has 2 nitrogen and oxygen atoms in total. The van der Waals surface area contributed by atoms with Gasteiger partial charge in [-0.3, -0.25) is 4.90 Å². The number of hydrogen-bond acceptors (Lipinski definition) is 2. The summed E-state index contributed by atoms with van der Waals surface area (Å²) in [6.45, 7) is 12.0. The van der Waals surface area contributed by atoms with Crippen molar-refractivity contribution in [3.8, 4) is 0 Å². The Balaban J connectivity index is 2.03. The predicted molar refractivity (Wildman–Crippen MR) is 78.9 cm³/mol. The van der Waals surface area contributed by atoms with Crippen molar-refractivity contribution < 1.29 is 0 Å². The molecule has 3 atom stereocenters. The summed E-state index contributed by atoms with van der Waals surface area (Å²) < 4.78 is 0. The normalized spacial score (nSPS) is 37.7. The number of nitrogens with zero attached hydrogens (tertiary/aromatic N) is 1. The summed E-state index contributed by atoms with van der Waals surface area (Å²) in [6, 6.07) is 2.33. The van der Waals surface area contributed by atoms with Crippen molar-refractivity contribution in [1.82, 2.24) is 10.2 Å². The minimum atomic E-state index is 0.563. The second-order valence-corrected chi connectivity index (χ2v) is 7.19. The Bertz CT molecular complexity index is 262. The fourth-order valence-electron chi connectivity index (χ4n) is 3.93. The highest BCUT2D eigenvalue weighted by Gasteiger charge is 2.36. The van der Waals surface area contributed by atoms with Gasteiger partial charge in [0, 0.05) is 31.2 Å². The molecule has 18 heavy (non-hydrogen) atoms. The summed E-state index contributed by atoms with van der Waals surface area (Å²) in [4.78, 5) is 2.85. The quantitative estimate of drug-likeness (QED) is 0.828. The molecule has 2 aliphatic rings. The van der Waals surface area contributed by atoms with Crippen LogP contribution in [0.3, 0.4) is 0 Å². The first-order valence-corrected chi connectivity index (χ1v) is 8.05. The number of rotatable bonds is 3. The molecule has 0 amide bonds. The predicted octanol–water partition coefficient (Wildman–Crippen LogP) is 3.42. The summed E-state index contributed by atoms with van der Waals surface area (Å²) in [5.41, 5.74) is 0.563. The first-order valence-electron chi connectivity index (χ1n) is 8.05. The van der Waals surface area contributed by atoms with E-state index in [9.17, 15) is 0 Å². The average molecular weight is 252 g/mol. The Morgan fingerprint density at radius 3 is 2.61 bits per heavy atom. The SMILES string of the molecule is CCC1CN(C2CCCC(C)(C)C2)C(CC)CN1. The minimum absolute atomic E-state index is 0.563. The van der Waals surface area contributed by atoms with Crippen molar-refractivity contribution in [3.63, 3.8) is 0 Å². The maximum atomic E-state index is 3.72. The highest BCUT2D eigenvalue weighted by Crippen LogP contribution is 2.38. The van der Waals surface area contributed by atoms with E-state index in [1.54, 1.807) is 0 Å². The van der Waals surface area contributed by atoms with Crippen molar-refractivity contribution in [2.75, 3.05) is 13.1 Å². The van der Waals surface area contributed by atoms with Crippen LogP contribution < -0.4 is 5.32 Å². The largest absolute Gasteiger partial charge is 0.311 e. The van der Waals surface area contributed by atoms with Crippen molar-refractivity contribution >= 4 is 0 Å². The third-order valence-corrected chi connectivity index (χ3v) is 5.15. The first kappa shape index (κ1) is 14.3. The molecule has 0 aromatic heterocycles. The van der Waals surface area contributed by atoms with Gasteiger partial charge < -0.3 is 5.32 Å². The van der Waals surface area contributed by atoms with Gasteiger partial charge in [-0.25, -0.2) is 0 Å². The second-order valence-electron chi connectivity index (χ2n) is 7.19. The minimum Gasteiger partial charge on any atom is -0.311 e. The fourth-order valence-corrected chi connectivity index (χ4v) is 3.93. The Hall–Kier alpha value is -0.0800. The molecule has 2 heteroatoms. The van der Waals surface area contributed by atoms with Crippen LogP contribution in [0.15, 0.2) is 0 Å². The fraction of sp³-hybridized carbons (Fsp3) is 1.00. The van der Waals surface area contributed by atoms with Crippen LogP contribution in [0.5, 0.6) is 0 Å². The van der Waals surface area contributed by atoms with E-state index in [1.807, 2.05) is 0 Å². The second kappa shape index (κ2) is 5.92. The van der Waals surface area contributed by atoms with E-state index >= 15 is 0 Å². The summed E-state index contributed by atoms with van der Waals surface area (Å²) in [7, 11) is 0. The highest BCUT2D eigenvalue weighted by molar-refractivity contribution is 4.93. The maximum Gasteiger partial charge on any atom is 0.0221 e. The summed E-state index contributed by atoms with van der Waals surface area (Å²) in [5.74, 6) is 0. The van der Waals surface area contributed by atoms with Gasteiger partial charge in [0.15, 0.2) is 0 Å². The van der Waals surface area contributed by atoms with Crippen molar-refractivity contribution in [3.05, 3.63) is 0 Å². The molecule has 0 radical (unpaired) electrons. The van der Waals surface area contributed by atoms with Gasteiger partial charge in [0.2, 0.25) is 0 Å². The van der Waals surface area contributed by atoms with E-state index in [4.69, 9.17) is 0 Å². The zero-order valence-corrected chi connectivity index (χ0v) is 12.8. The maximum absolute atomic E-state index is 3.72. The highest BCUT2D eigenvalue weighted by atomic mass is 15.3. The monoisotopic (exact) mass is 252 g/mol. The Labute approximate surface area is 114 Å². The summed E-state index contributed by atoms with van der Waals surface area (Å²) in [6.07, 6.45) is 8.23. The van der Waals surface area contributed by atoms with E-state index in [0.717, 1.165) is 18.1 Å². The van der Waals surface area contributed by atoms with Gasteiger partial charge in [-0.15, -0.1) is 0 Å². The van der Waals surface area contributed by atoms with Gasteiger partial charge in [0.25, 0.3) is 0 Å². The smallest absolute Gasteiger partial charge is 0.0221 e. The molecule has 2 rings (SSSR count). The Kier molecular flexibility index (Phi) is 4.71. The first-order chi connectivity index (χ1) is 8.55. The third-order valence-electron chi connectivity index (χ3n) is 5.15. The Morgan fingerprint density at radius 2 is 2.00 bits per heavy atom. The molecule has 0 aromatic carbocycles. The lowest BCUT2D eigenvalue weighted by atomic mass is 9.74. The van der Waals surface area contributed by atoms with E-state index in [2.05, 4.69) is 37.9 Å². The Morgan fingerprint density at radius 1 is 1.22 bits per heavy atom. The van der Waals surface area contributed by atoms with Crippen LogP contribution in [0.25, 0.3) is 0 Å². The average Bonchev–Trinajstić information content (AvgIpc) is 2.36. The summed E-state index contributed by atoms with van der Waals surface area (Å²) >= 11 is 0. The zero-order valence-electron chi connectivity index (χ0n) is 12.8. The molecule has 1 N–H and O–H groups in total. The lowest BCUT2D eigenvalue weighted by Crippen LogP contribution is -2.60. The molecular weight excluding hydrogens is 220 g/mol. The molecule has 1 saturated carbocycles. The topological polar surface area (TPSA) is 15.3 Å². The molecule has 0 aromatic rings. The molecule has 0 spiro atoms. The summed E-state index contributed by atoms with van der Waals surface area (Å²) in [5, 5.41) is 3.72. The van der Waals surface area contributed by atoms with Crippen LogP contribution in [-0.2, 0) is 0 Å². The van der Waals surface area contributed by atoms with Gasteiger partial charge >= 0.3 is 0 Å². The molecule has 1 heterocycles. The lowest BCUT2D eigenvalue weighted by Gasteiger charge is -2.48. The lowest BCUT2D eigenvalue weighted by molar-refractivity contribution is 0.0291. The van der Waals surface area contributed by atoms with Crippen LogP contribution >= 0.6 is 0 Å². The van der Waals surface area contributed by atoms with Gasteiger partial charge in [0.05, 0.1) is 0 Å². The third kappa shape index (κ3) is 3.27.